The molecule has 1 atom stereocenters. The Hall–Kier alpha value is -1.10. The molecule has 1 rings (SSSR count). The Morgan fingerprint density at radius 3 is 2.44 bits per heavy atom. The predicted molar refractivity (Wildman–Crippen MR) is 58.3 cm³/mol. The maximum absolute atomic E-state index is 10.7. The molecule has 1 fully saturated rings. The van der Waals surface area contributed by atoms with Crippen molar-refractivity contribution in [3.8, 4) is 0 Å². The van der Waals surface area contributed by atoms with Crippen LogP contribution in [0.4, 0.5) is 0 Å². The average molecular weight is 229 g/mol. The van der Waals surface area contributed by atoms with Crippen LogP contribution in [-0.2, 0) is 9.59 Å². The van der Waals surface area contributed by atoms with Gasteiger partial charge in [0.05, 0.1) is 5.92 Å². The van der Waals surface area contributed by atoms with Crippen molar-refractivity contribution in [1.82, 2.24) is 4.90 Å². The van der Waals surface area contributed by atoms with E-state index in [1.54, 1.807) is 6.92 Å². The molecule has 5 heteroatoms. The molecule has 0 heterocycles. The van der Waals surface area contributed by atoms with E-state index in [1.807, 2.05) is 0 Å². The Bertz CT molecular complexity index is 263. The molecule has 0 aromatic heterocycles. The van der Waals surface area contributed by atoms with E-state index >= 15 is 0 Å². The highest BCUT2D eigenvalue weighted by atomic mass is 16.4. The van der Waals surface area contributed by atoms with E-state index < -0.39 is 11.9 Å². The summed E-state index contributed by atoms with van der Waals surface area (Å²) in [5.41, 5.74) is 0. The van der Waals surface area contributed by atoms with Crippen LogP contribution < -0.4 is 0 Å². The summed E-state index contributed by atoms with van der Waals surface area (Å²) in [5.74, 6) is -1.96. The number of hydrogen-bond acceptors (Lipinski definition) is 3. The first kappa shape index (κ1) is 13.0. The zero-order valence-corrected chi connectivity index (χ0v) is 9.56. The number of rotatable bonds is 8. The van der Waals surface area contributed by atoms with Gasteiger partial charge in [0, 0.05) is 19.0 Å². The first-order valence-electron chi connectivity index (χ1n) is 5.69. The van der Waals surface area contributed by atoms with Gasteiger partial charge in [-0.05, 0) is 25.8 Å². The molecule has 92 valence electrons. The number of aliphatic carboxylic acids is 2. The lowest BCUT2D eigenvalue weighted by atomic mass is 10.1. The first-order chi connectivity index (χ1) is 7.50. The predicted octanol–water partition coefficient (Wildman–Crippen LogP) is 1.04. The van der Waals surface area contributed by atoms with Crippen molar-refractivity contribution in [3.63, 3.8) is 0 Å². The molecule has 0 radical (unpaired) electrons. The summed E-state index contributed by atoms with van der Waals surface area (Å²) in [5, 5.41) is 17.4. The highest BCUT2D eigenvalue weighted by molar-refractivity contribution is 5.69. The fourth-order valence-corrected chi connectivity index (χ4v) is 1.73. The topological polar surface area (TPSA) is 77.8 Å². The largest absolute Gasteiger partial charge is 0.481 e. The van der Waals surface area contributed by atoms with Crippen molar-refractivity contribution in [2.75, 3.05) is 13.1 Å². The second-order valence-electron chi connectivity index (χ2n) is 4.46. The molecule has 0 aromatic rings. The molecule has 1 aliphatic rings. The van der Waals surface area contributed by atoms with Gasteiger partial charge in [0.15, 0.2) is 0 Å². The molecule has 0 amide bonds. The Kier molecular flexibility index (Phi) is 4.73. The maximum atomic E-state index is 10.7. The van der Waals surface area contributed by atoms with Crippen LogP contribution in [0.15, 0.2) is 0 Å². The summed E-state index contributed by atoms with van der Waals surface area (Å²) >= 11 is 0. The minimum Gasteiger partial charge on any atom is -0.481 e. The monoisotopic (exact) mass is 229 g/mol. The van der Waals surface area contributed by atoms with Crippen molar-refractivity contribution >= 4 is 11.9 Å². The van der Waals surface area contributed by atoms with E-state index in [0.717, 1.165) is 12.8 Å². The molecule has 2 N–H and O–H groups in total. The van der Waals surface area contributed by atoms with Crippen LogP contribution in [0.3, 0.4) is 0 Å². The number of carbonyl (C=O) groups is 2. The lowest BCUT2D eigenvalue weighted by molar-refractivity contribution is -0.142. The van der Waals surface area contributed by atoms with Gasteiger partial charge < -0.3 is 10.2 Å². The average Bonchev–Trinajstić information content (AvgIpc) is 2.98. The van der Waals surface area contributed by atoms with Crippen molar-refractivity contribution in [1.29, 1.82) is 0 Å². The van der Waals surface area contributed by atoms with Gasteiger partial charge >= 0.3 is 11.9 Å². The Balaban J connectivity index is 2.30. The Morgan fingerprint density at radius 1 is 1.38 bits per heavy atom. The summed E-state index contributed by atoms with van der Waals surface area (Å²) in [4.78, 5) is 23.2. The smallest absolute Gasteiger partial charge is 0.307 e. The van der Waals surface area contributed by atoms with Gasteiger partial charge in [-0.2, -0.15) is 0 Å². The molecule has 0 aliphatic heterocycles. The van der Waals surface area contributed by atoms with Crippen LogP contribution in [-0.4, -0.2) is 46.2 Å². The van der Waals surface area contributed by atoms with Crippen molar-refractivity contribution in [2.45, 2.75) is 38.6 Å². The third kappa shape index (κ3) is 4.61. The third-order valence-corrected chi connectivity index (χ3v) is 2.83. The molecule has 0 spiro atoms. The number of carboxylic acid groups (broad SMARTS) is 2. The molecule has 1 unspecified atom stereocenters. The van der Waals surface area contributed by atoms with Gasteiger partial charge in [-0.15, -0.1) is 0 Å². The van der Waals surface area contributed by atoms with Crippen molar-refractivity contribution in [2.24, 2.45) is 5.92 Å². The van der Waals surface area contributed by atoms with E-state index in [0.29, 0.717) is 25.6 Å². The van der Waals surface area contributed by atoms with E-state index in [4.69, 9.17) is 10.2 Å². The van der Waals surface area contributed by atoms with Crippen LogP contribution in [0.5, 0.6) is 0 Å². The Morgan fingerprint density at radius 2 is 2.00 bits per heavy atom. The molecule has 16 heavy (non-hydrogen) atoms. The SMILES string of the molecule is CC(CN(CCCC(=O)O)C1CC1)C(=O)O. The lowest BCUT2D eigenvalue weighted by Gasteiger charge is -2.23. The number of hydrogen-bond donors (Lipinski definition) is 2. The quantitative estimate of drug-likeness (QED) is 0.650. The van der Waals surface area contributed by atoms with Gasteiger partial charge in [0.2, 0.25) is 0 Å². The van der Waals surface area contributed by atoms with Crippen LogP contribution in [0.2, 0.25) is 0 Å². The van der Waals surface area contributed by atoms with Crippen molar-refractivity contribution < 1.29 is 19.8 Å². The van der Waals surface area contributed by atoms with Crippen LogP contribution in [0.25, 0.3) is 0 Å². The summed E-state index contributed by atoms with van der Waals surface area (Å²) in [6.07, 6.45) is 2.97. The summed E-state index contributed by atoms with van der Waals surface area (Å²) < 4.78 is 0. The minimum atomic E-state index is -0.790. The first-order valence-corrected chi connectivity index (χ1v) is 5.69. The van der Waals surface area contributed by atoms with E-state index in [2.05, 4.69) is 4.90 Å². The minimum absolute atomic E-state index is 0.157. The second-order valence-corrected chi connectivity index (χ2v) is 4.46. The number of carboxylic acids is 2. The summed E-state index contributed by atoms with van der Waals surface area (Å²) in [7, 11) is 0. The molecule has 0 bridgehead atoms. The molecular weight excluding hydrogens is 210 g/mol. The highest BCUT2D eigenvalue weighted by Crippen LogP contribution is 2.27. The third-order valence-electron chi connectivity index (χ3n) is 2.83. The summed E-state index contributed by atoms with van der Waals surface area (Å²) in [6.45, 7) is 2.91. The van der Waals surface area contributed by atoms with Gasteiger partial charge in [-0.3, -0.25) is 14.5 Å². The van der Waals surface area contributed by atoms with Crippen molar-refractivity contribution in [3.05, 3.63) is 0 Å². The van der Waals surface area contributed by atoms with Gasteiger partial charge in [-0.1, -0.05) is 6.92 Å². The van der Waals surface area contributed by atoms with Crippen LogP contribution >= 0.6 is 0 Å². The van der Waals surface area contributed by atoms with Crippen LogP contribution in [0, 0.1) is 5.92 Å². The normalized spacial score (nSPS) is 17.4. The molecule has 1 saturated carbocycles. The fourth-order valence-electron chi connectivity index (χ4n) is 1.73. The molecule has 1 aliphatic carbocycles. The molecule has 0 saturated heterocycles. The van der Waals surface area contributed by atoms with Gasteiger partial charge in [0.25, 0.3) is 0 Å². The van der Waals surface area contributed by atoms with Gasteiger partial charge in [-0.25, -0.2) is 0 Å². The number of nitrogens with zero attached hydrogens (tertiary/aromatic N) is 1. The van der Waals surface area contributed by atoms with E-state index in [1.165, 1.54) is 0 Å². The summed E-state index contributed by atoms with van der Waals surface area (Å²) in [6, 6.07) is 0.482. The van der Waals surface area contributed by atoms with E-state index in [9.17, 15) is 9.59 Å². The Labute approximate surface area is 95.1 Å². The van der Waals surface area contributed by atoms with E-state index in [-0.39, 0.29) is 12.3 Å². The lowest BCUT2D eigenvalue weighted by Crippen LogP contribution is -2.34. The zero-order valence-electron chi connectivity index (χ0n) is 9.56. The maximum Gasteiger partial charge on any atom is 0.307 e. The molecular formula is C11H19NO4. The second kappa shape index (κ2) is 5.84. The van der Waals surface area contributed by atoms with Gasteiger partial charge in [0.1, 0.15) is 0 Å². The molecule has 0 aromatic carbocycles. The van der Waals surface area contributed by atoms with Crippen LogP contribution in [0.1, 0.15) is 32.6 Å². The highest BCUT2D eigenvalue weighted by Gasteiger charge is 2.30. The molecule has 5 nitrogen and oxygen atoms in total. The zero-order chi connectivity index (χ0) is 12.1. The fraction of sp³-hybridized carbons (Fsp3) is 0.818. The standard InChI is InChI=1S/C11H19NO4/c1-8(11(15)16)7-12(9-4-5-9)6-2-3-10(13)14/h8-9H,2-7H2,1H3,(H,13,14)(H,15,16).